The van der Waals surface area contributed by atoms with Crippen molar-refractivity contribution in [2.45, 2.75) is 13.3 Å². The molecule has 0 spiro atoms. The van der Waals surface area contributed by atoms with Crippen molar-refractivity contribution >= 4 is 23.5 Å². The van der Waals surface area contributed by atoms with Crippen LogP contribution in [0.1, 0.15) is 13.3 Å². The van der Waals surface area contributed by atoms with Gasteiger partial charge in [0.2, 0.25) is 0 Å². The van der Waals surface area contributed by atoms with Gasteiger partial charge in [0.25, 0.3) is 5.97 Å². The van der Waals surface area contributed by atoms with E-state index in [1.807, 2.05) is 0 Å². The van der Waals surface area contributed by atoms with Gasteiger partial charge in [-0.3, -0.25) is 9.59 Å². The number of rotatable bonds is 3. The second-order valence-electron chi connectivity index (χ2n) is 1.61. The number of hydrogen-bond acceptors (Lipinski definition) is 3. The fraction of sp³-hybridized carbons (Fsp3) is 0.429. The van der Waals surface area contributed by atoms with Crippen molar-refractivity contribution in [3.05, 3.63) is 12.8 Å². The number of carbonyl (C=O) groups is 2. The van der Waals surface area contributed by atoms with Crippen LogP contribution in [0.25, 0.3) is 0 Å². The molecule has 4 nitrogen and oxygen atoms in total. The Hall–Kier alpha value is -1.03. The number of alkyl halides is 1. The molecule has 5 heteroatoms. The van der Waals surface area contributed by atoms with Crippen molar-refractivity contribution in [1.29, 1.82) is 0 Å². The largest absolute Gasteiger partial charge is 0.481 e. The molecule has 0 aromatic carbocycles. The van der Waals surface area contributed by atoms with Crippen LogP contribution in [0.2, 0.25) is 0 Å². The Balaban J connectivity index is 0. The molecular formula is C7H11ClO4. The van der Waals surface area contributed by atoms with E-state index >= 15 is 0 Å². The fourth-order valence-corrected chi connectivity index (χ4v) is 0.383. The van der Waals surface area contributed by atoms with E-state index in [0.29, 0.717) is 5.88 Å². The predicted molar refractivity (Wildman–Crippen MR) is 44.9 cm³/mol. The molecular weight excluding hydrogens is 184 g/mol. The van der Waals surface area contributed by atoms with Crippen LogP contribution in [-0.2, 0) is 14.3 Å². The summed E-state index contributed by atoms with van der Waals surface area (Å²) in [4.78, 5) is 19.3. The molecule has 0 saturated heterocycles. The fourth-order valence-electron chi connectivity index (χ4n) is 0.229. The third-order valence-corrected chi connectivity index (χ3v) is 0.702. The highest BCUT2D eigenvalue weighted by molar-refractivity contribution is 6.18. The van der Waals surface area contributed by atoms with Crippen molar-refractivity contribution in [1.82, 2.24) is 0 Å². The van der Waals surface area contributed by atoms with Crippen LogP contribution in [0.15, 0.2) is 12.8 Å². The average Bonchev–Trinajstić information content (AvgIpc) is 1.87. The smallest absolute Gasteiger partial charge is 0.311 e. The number of carboxylic acid groups (broad SMARTS) is 1. The molecule has 0 fully saturated rings. The molecule has 1 N–H and O–H groups in total. The van der Waals surface area contributed by atoms with Gasteiger partial charge < -0.3 is 9.84 Å². The maximum absolute atomic E-state index is 10.3. The van der Waals surface area contributed by atoms with E-state index in [9.17, 15) is 4.79 Å². The van der Waals surface area contributed by atoms with E-state index in [-0.39, 0.29) is 12.4 Å². The predicted octanol–water partition coefficient (Wildman–Crippen LogP) is 1.39. The number of esters is 1. The lowest BCUT2D eigenvalue weighted by molar-refractivity contribution is -0.137. The van der Waals surface area contributed by atoms with Gasteiger partial charge in [0.1, 0.15) is 0 Å². The Labute approximate surface area is 75.8 Å². The molecule has 0 aliphatic heterocycles. The Morgan fingerprint density at radius 1 is 1.67 bits per heavy atom. The van der Waals surface area contributed by atoms with E-state index in [4.69, 9.17) is 21.5 Å². The van der Waals surface area contributed by atoms with Crippen LogP contribution < -0.4 is 0 Å². The lowest BCUT2D eigenvalue weighted by atomic mass is 10.5. The number of carboxylic acids is 1. The molecule has 0 rings (SSSR count). The zero-order chi connectivity index (χ0) is 9.98. The third-order valence-electron chi connectivity index (χ3n) is 0.513. The summed E-state index contributed by atoms with van der Waals surface area (Å²) in [5, 5.41) is 7.42. The molecule has 0 aromatic heterocycles. The Morgan fingerprint density at radius 2 is 2.08 bits per heavy atom. The first-order valence-corrected chi connectivity index (χ1v) is 3.64. The SMILES string of the molecule is C=COC(=O)CCCl.CC(=O)O. The van der Waals surface area contributed by atoms with Gasteiger partial charge in [-0.1, -0.05) is 6.58 Å². The topological polar surface area (TPSA) is 63.6 Å². The molecule has 0 saturated carbocycles. The van der Waals surface area contributed by atoms with Gasteiger partial charge in [0.05, 0.1) is 12.7 Å². The van der Waals surface area contributed by atoms with E-state index in [2.05, 4.69) is 11.3 Å². The number of halogens is 1. The molecule has 12 heavy (non-hydrogen) atoms. The Kier molecular flexibility index (Phi) is 11.3. The van der Waals surface area contributed by atoms with Gasteiger partial charge in [0, 0.05) is 12.8 Å². The van der Waals surface area contributed by atoms with Crippen molar-refractivity contribution in [2.24, 2.45) is 0 Å². The maximum atomic E-state index is 10.3. The van der Waals surface area contributed by atoms with Crippen LogP contribution >= 0.6 is 11.6 Å². The highest BCUT2D eigenvalue weighted by Crippen LogP contribution is 1.88. The van der Waals surface area contributed by atoms with Gasteiger partial charge in [-0.25, -0.2) is 0 Å². The first kappa shape index (κ1) is 13.6. The van der Waals surface area contributed by atoms with Crippen LogP contribution in [0.3, 0.4) is 0 Å². The molecule has 0 radical (unpaired) electrons. The van der Waals surface area contributed by atoms with E-state index < -0.39 is 5.97 Å². The zero-order valence-corrected chi connectivity index (χ0v) is 7.50. The quantitative estimate of drug-likeness (QED) is 0.419. The summed E-state index contributed by atoms with van der Waals surface area (Å²) >= 11 is 5.20. The Bertz CT molecular complexity index is 151. The summed E-state index contributed by atoms with van der Waals surface area (Å²) in [6.07, 6.45) is 1.34. The Morgan fingerprint density at radius 3 is 2.33 bits per heavy atom. The van der Waals surface area contributed by atoms with Crippen molar-refractivity contribution in [3.8, 4) is 0 Å². The maximum Gasteiger partial charge on any atom is 0.311 e. The van der Waals surface area contributed by atoms with Gasteiger partial charge in [-0.15, -0.1) is 11.6 Å². The second-order valence-corrected chi connectivity index (χ2v) is 1.99. The third kappa shape index (κ3) is 23.1. The lowest BCUT2D eigenvalue weighted by Crippen LogP contribution is -1.98. The minimum atomic E-state index is -0.833. The molecule has 0 amide bonds. The minimum Gasteiger partial charge on any atom is -0.481 e. The van der Waals surface area contributed by atoms with Gasteiger partial charge in [-0.05, 0) is 0 Å². The first-order valence-electron chi connectivity index (χ1n) is 3.10. The van der Waals surface area contributed by atoms with Gasteiger partial charge in [0.15, 0.2) is 0 Å². The molecule has 70 valence electrons. The highest BCUT2D eigenvalue weighted by Gasteiger charge is 1.95. The summed E-state index contributed by atoms with van der Waals surface area (Å²) < 4.78 is 4.32. The van der Waals surface area contributed by atoms with Gasteiger partial charge in [-0.2, -0.15) is 0 Å². The normalized spacial score (nSPS) is 7.50. The molecule has 0 bridgehead atoms. The van der Waals surface area contributed by atoms with E-state index in [1.54, 1.807) is 0 Å². The molecule has 0 aliphatic rings. The van der Waals surface area contributed by atoms with Gasteiger partial charge >= 0.3 is 5.97 Å². The average molecular weight is 195 g/mol. The molecule has 0 unspecified atom stereocenters. The number of ether oxygens (including phenoxy) is 1. The van der Waals surface area contributed by atoms with Crippen molar-refractivity contribution in [2.75, 3.05) is 5.88 Å². The first-order chi connectivity index (χ1) is 5.54. The van der Waals surface area contributed by atoms with Crippen LogP contribution in [-0.4, -0.2) is 22.9 Å². The number of hydrogen-bond donors (Lipinski definition) is 1. The second kappa shape index (κ2) is 9.97. The summed E-state index contributed by atoms with van der Waals surface area (Å²) in [7, 11) is 0. The lowest BCUT2D eigenvalue weighted by Gasteiger charge is -1.91. The highest BCUT2D eigenvalue weighted by atomic mass is 35.5. The summed E-state index contributed by atoms with van der Waals surface area (Å²) in [5.74, 6) is -0.873. The molecule has 0 atom stereocenters. The van der Waals surface area contributed by atoms with Crippen LogP contribution in [0.4, 0.5) is 0 Å². The van der Waals surface area contributed by atoms with E-state index in [0.717, 1.165) is 13.2 Å². The van der Waals surface area contributed by atoms with Crippen LogP contribution in [0.5, 0.6) is 0 Å². The standard InChI is InChI=1S/C5H7ClO2.C2H4O2/c1-2-8-5(7)3-4-6;1-2(3)4/h2H,1,3-4H2;1H3,(H,3,4). The van der Waals surface area contributed by atoms with E-state index in [1.165, 1.54) is 0 Å². The minimum absolute atomic E-state index is 0.244. The summed E-state index contributed by atoms with van der Waals surface area (Å²) in [5.41, 5.74) is 0. The zero-order valence-electron chi connectivity index (χ0n) is 6.75. The van der Waals surface area contributed by atoms with Crippen molar-refractivity contribution < 1.29 is 19.4 Å². The number of carbonyl (C=O) groups excluding carboxylic acids is 1. The summed E-state index contributed by atoms with van der Waals surface area (Å²) in [6.45, 7) is 4.28. The number of aliphatic carboxylic acids is 1. The summed E-state index contributed by atoms with van der Waals surface area (Å²) in [6, 6.07) is 0. The monoisotopic (exact) mass is 194 g/mol. The van der Waals surface area contributed by atoms with Crippen molar-refractivity contribution in [3.63, 3.8) is 0 Å². The molecule has 0 aromatic rings. The van der Waals surface area contributed by atoms with Crippen LogP contribution in [0, 0.1) is 0 Å². The molecule has 0 heterocycles. The molecule has 0 aliphatic carbocycles.